The molecule has 0 aliphatic rings. The topological polar surface area (TPSA) is 34.0 Å². The summed E-state index contributed by atoms with van der Waals surface area (Å²) in [5.41, 5.74) is 4.67. The first-order valence-corrected chi connectivity index (χ1v) is 10.5. The molecule has 1 N–H and O–H groups in total. The van der Waals surface area contributed by atoms with Crippen LogP contribution in [0.5, 0.6) is 0 Å². The Hall–Kier alpha value is -2.44. The molecule has 0 atom stereocenters. The van der Waals surface area contributed by atoms with E-state index in [1.807, 2.05) is 16.0 Å². The summed E-state index contributed by atoms with van der Waals surface area (Å²) < 4.78 is 17.4. The van der Waals surface area contributed by atoms with Crippen LogP contribution in [0.15, 0.2) is 64.5 Å². The van der Waals surface area contributed by atoms with E-state index in [9.17, 15) is 9.18 Å². The maximum absolute atomic E-state index is 13.4. The van der Waals surface area contributed by atoms with E-state index in [0.29, 0.717) is 12.2 Å². The molecule has 2 heterocycles. The molecule has 0 aliphatic carbocycles. The number of hydrogen-bond acceptors (Lipinski definition) is 2. The monoisotopic (exact) mass is 456 g/mol. The number of carbonyl (C=O) groups excluding carboxylic acids is 1. The molecule has 0 spiro atoms. The highest BCUT2D eigenvalue weighted by atomic mass is 79.9. The molecular weight excluding hydrogens is 439 g/mol. The van der Waals surface area contributed by atoms with E-state index in [2.05, 4.69) is 52.4 Å². The first-order valence-electron chi connectivity index (χ1n) is 8.85. The van der Waals surface area contributed by atoms with Crippen LogP contribution in [0.3, 0.4) is 0 Å². The standard InChI is InChI=1S/C22H18BrFN2OS/c1-14-5-7-15(8-6-14)12-26-19(10-20-21(26)18(23)13-28-20)22(27)25-11-16-3-2-4-17(24)9-16/h2-10,13H,11-12H2,1H3,(H,25,27). The quantitative estimate of drug-likeness (QED) is 0.398. The first-order chi connectivity index (χ1) is 13.5. The lowest BCUT2D eigenvalue weighted by molar-refractivity contribution is 0.0942. The Bertz CT molecular complexity index is 1150. The molecular formula is C22H18BrFN2OS. The summed E-state index contributed by atoms with van der Waals surface area (Å²) in [6, 6.07) is 16.5. The number of carbonyl (C=O) groups is 1. The molecule has 0 saturated carbocycles. The fraction of sp³-hybridized carbons (Fsp3) is 0.136. The summed E-state index contributed by atoms with van der Waals surface area (Å²) in [4.78, 5) is 12.9. The van der Waals surface area contributed by atoms with Gasteiger partial charge in [-0.25, -0.2) is 4.39 Å². The van der Waals surface area contributed by atoms with Gasteiger partial charge in [-0.15, -0.1) is 11.3 Å². The number of benzene rings is 2. The van der Waals surface area contributed by atoms with Crippen LogP contribution in [0.4, 0.5) is 4.39 Å². The first kappa shape index (κ1) is 18.9. The van der Waals surface area contributed by atoms with E-state index in [1.165, 1.54) is 17.7 Å². The van der Waals surface area contributed by atoms with Crippen LogP contribution in [0.1, 0.15) is 27.2 Å². The smallest absolute Gasteiger partial charge is 0.268 e. The van der Waals surface area contributed by atoms with E-state index in [0.717, 1.165) is 25.8 Å². The summed E-state index contributed by atoms with van der Waals surface area (Å²) in [6.07, 6.45) is 0. The van der Waals surface area contributed by atoms with Crippen LogP contribution < -0.4 is 5.32 Å². The Labute approximate surface area is 174 Å². The Morgan fingerprint density at radius 1 is 1.14 bits per heavy atom. The van der Waals surface area contributed by atoms with Gasteiger partial charge < -0.3 is 9.88 Å². The predicted molar refractivity (Wildman–Crippen MR) is 115 cm³/mol. The molecule has 0 saturated heterocycles. The van der Waals surface area contributed by atoms with Gasteiger partial charge in [0.15, 0.2) is 0 Å². The van der Waals surface area contributed by atoms with Crippen LogP contribution in [-0.4, -0.2) is 10.5 Å². The van der Waals surface area contributed by atoms with Gasteiger partial charge in [0.05, 0.1) is 14.7 Å². The van der Waals surface area contributed by atoms with Gasteiger partial charge in [0.25, 0.3) is 5.91 Å². The number of nitrogens with one attached hydrogen (secondary N) is 1. The minimum Gasteiger partial charge on any atom is -0.347 e. The summed E-state index contributed by atoms with van der Waals surface area (Å²) in [5, 5.41) is 4.94. The van der Waals surface area contributed by atoms with E-state index in [4.69, 9.17) is 0 Å². The highest BCUT2D eigenvalue weighted by Crippen LogP contribution is 2.33. The molecule has 1 amide bonds. The summed E-state index contributed by atoms with van der Waals surface area (Å²) in [6.45, 7) is 2.93. The van der Waals surface area contributed by atoms with Gasteiger partial charge in [-0.1, -0.05) is 42.0 Å². The number of aryl methyl sites for hydroxylation is 1. The third-order valence-corrected chi connectivity index (χ3v) is 6.44. The van der Waals surface area contributed by atoms with Crippen LogP contribution >= 0.6 is 27.3 Å². The van der Waals surface area contributed by atoms with Crippen molar-refractivity contribution in [1.82, 2.24) is 9.88 Å². The lowest BCUT2D eigenvalue weighted by Gasteiger charge is -2.12. The second-order valence-corrected chi connectivity index (χ2v) is 8.48. The average molecular weight is 457 g/mol. The zero-order chi connectivity index (χ0) is 19.7. The molecule has 4 aromatic rings. The molecule has 2 aromatic carbocycles. The number of aromatic nitrogens is 1. The Kier molecular flexibility index (Phi) is 5.33. The molecule has 0 aliphatic heterocycles. The van der Waals surface area contributed by atoms with E-state index < -0.39 is 0 Å². The molecule has 3 nitrogen and oxygen atoms in total. The van der Waals surface area contributed by atoms with E-state index in [-0.39, 0.29) is 18.3 Å². The largest absolute Gasteiger partial charge is 0.347 e. The van der Waals surface area contributed by atoms with Crippen LogP contribution in [0.25, 0.3) is 10.2 Å². The van der Waals surface area contributed by atoms with E-state index in [1.54, 1.807) is 23.5 Å². The molecule has 0 radical (unpaired) electrons. The maximum Gasteiger partial charge on any atom is 0.268 e. The number of hydrogen-bond donors (Lipinski definition) is 1. The van der Waals surface area contributed by atoms with Crippen molar-refractivity contribution in [2.45, 2.75) is 20.0 Å². The van der Waals surface area contributed by atoms with Crippen molar-refractivity contribution in [3.05, 3.63) is 92.7 Å². The fourth-order valence-corrected chi connectivity index (χ4v) is 4.87. The Morgan fingerprint density at radius 3 is 2.68 bits per heavy atom. The average Bonchev–Trinajstić information content (AvgIpc) is 3.22. The van der Waals surface area contributed by atoms with Crippen molar-refractivity contribution in [3.63, 3.8) is 0 Å². The van der Waals surface area contributed by atoms with Crippen molar-refractivity contribution in [2.24, 2.45) is 0 Å². The normalized spacial score (nSPS) is 11.1. The van der Waals surface area contributed by atoms with Gasteiger partial charge >= 0.3 is 0 Å². The maximum atomic E-state index is 13.4. The molecule has 0 bridgehead atoms. The van der Waals surface area contributed by atoms with Gasteiger partial charge in [0, 0.05) is 18.5 Å². The minimum atomic E-state index is -0.307. The van der Waals surface area contributed by atoms with Gasteiger partial charge in [0.1, 0.15) is 11.5 Å². The molecule has 6 heteroatoms. The third kappa shape index (κ3) is 3.88. The molecule has 142 valence electrons. The van der Waals surface area contributed by atoms with Gasteiger partial charge in [-0.05, 0) is 52.2 Å². The van der Waals surface area contributed by atoms with Crippen molar-refractivity contribution in [3.8, 4) is 0 Å². The van der Waals surface area contributed by atoms with Gasteiger partial charge in [-0.3, -0.25) is 4.79 Å². The zero-order valence-corrected chi connectivity index (χ0v) is 17.6. The van der Waals surface area contributed by atoms with Crippen molar-refractivity contribution >= 4 is 43.4 Å². The summed E-state index contributed by atoms with van der Waals surface area (Å²) in [5.74, 6) is -0.481. The third-order valence-electron chi connectivity index (χ3n) is 4.61. The molecule has 0 unspecified atom stereocenters. The van der Waals surface area contributed by atoms with E-state index >= 15 is 0 Å². The van der Waals surface area contributed by atoms with Gasteiger partial charge in [0.2, 0.25) is 0 Å². The second-order valence-electron chi connectivity index (χ2n) is 6.71. The zero-order valence-electron chi connectivity index (χ0n) is 15.2. The minimum absolute atomic E-state index is 0.174. The fourth-order valence-electron chi connectivity index (χ4n) is 3.18. The van der Waals surface area contributed by atoms with Crippen LogP contribution in [0, 0.1) is 12.7 Å². The number of amides is 1. The number of fused-ring (bicyclic) bond motifs is 1. The van der Waals surface area contributed by atoms with Crippen molar-refractivity contribution < 1.29 is 9.18 Å². The Balaban J connectivity index is 1.64. The lowest BCUT2D eigenvalue weighted by atomic mass is 10.1. The predicted octanol–water partition coefficient (Wildman–Crippen LogP) is 5.89. The molecule has 0 fully saturated rings. The van der Waals surface area contributed by atoms with Gasteiger partial charge in [-0.2, -0.15) is 0 Å². The van der Waals surface area contributed by atoms with Crippen LogP contribution in [0.2, 0.25) is 0 Å². The van der Waals surface area contributed by atoms with Crippen molar-refractivity contribution in [1.29, 1.82) is 0 Å². The summed E-state index contributed by atoms with van der Waals surface area (Å²) in [7, 11) is 0. The second kappa shape index (κ2) is 7.89. The SMILES string of the molecule is Cc1ccc(Cn2c(C(=O)NCc3cccc(F)c3)cc3scc(Br)c32)cc1. The highest BCUT2D eigenvalue weighted by Gasteiger charge is 2.19. The number of nitrogens with zero attached hydrogens (tertiary/aromatic N) is 1. The van der Waals surface area contributed by atoms with Crippen LogP contribution in [-0.2, 0) is 13.1 Å². The highest BCUT2D eigenvalue weighted by molar-refractivity contribution is 9.10. The lowest BCUT2D eigenvalue weighted by Crippen LogP contribution is -2.25. The molecule has 28 heavy (non-hydrogen) atoms. The van der Waals surface area contributed by atoms with Crippen molar-refractivity contribution in [2.75, 3.05) is 0 Å². The summed E-state index contributed by atoms with van der Waals surface area (Å²) >= 11 is 5.20. The molecule has 2 aromatic heterocycles. The number of thiophene rings is 1. The molecule has 4 rings (SSSR count). The number of halogens is 2. The number of rotatable bonds is 5. The Morgan fingerprint density at radius 2 is 1.93 bits per heavy atom.